The van der Waals surface area contributed by atoms with Crippen molar-refractivity contribution in [2.45, 2.75) is 18.2 Å². The Hall–Kier alpha value is -1.92. The first kappa shape index (κ1) is 15.5. The molecule has 0 bridgehead atoms. The summed E-state index contributed by atoms with van der Waals surface area (Å²) < 4.78 is 40.0. The van der Waals surface area contributed by atoms with Crippen LogP contribution in [0.2, 0.25) is 0 Å². The SMILES string of the molecule is Cc1ccc(S(=O)(=O)NCCc2ccc(N)cc2)cc1F. The number of aryl methyl sites for hydroxylation is 1. The van der Waals surface area contributed by atoms with E-state index in [0.717, 1.165) is 11.6 Å². The molecule has 0 saturated heterocycles. The first-order valence-corrected chi connectivity index (χ1v) is 7.97. The molecule has 0 aliphatic rings. The van der Waals surface area contributed by atoms with Crippen molar-refractivity contribution in [2.24, 2.45) is 0 Å². The van der Waals surface area contributed by atoms with Gasteiger partial charge in [-0.1, -0.05) is 18.2 Å². The molecule has 2 aromatic rings. The lowest BCUT2D eigenvalue weighted by Crippen LogP contribution is -2.26. The Morgan fingerprint density at radius 1 is 1.14 bits per heavy atom. The van der Waals surface area contributed by atoms with Gasteiger partial charge in [0.15, 0.2) is 0 Å². The maximum Gasteiger partial charge on any atom is 0.240 e. The summed E-state index contributed by atoms with van der Waals surface area (Å²) in [4.78, 5) is -0.0668. The lowest BCUT2D eigenvalue weighted by molar-refractivity contribution is 0.576. The molecule has 0 aromatic heterocycles. The second kappa shape index (κ2) is 6.24. The summed E-state index contributed by atoms with van der Waals surface area (Å²) in [5.74, 6) is -0.531. The van der Waals surface area contributed by atoms with Crippen molar-refractivity contribution in [3.05, 3.63) is 59.4 Å². The molecule has 112 valence electrons. The zero-order valence-corrected chi connectivity index (χ0v) is 12.5. The van der Waals surface area contributed by atoms with E-state index in [1.807, 2.05) is 12.1 Å². The Labute approximate surface area is 123 Å². The second-order valence-corrected chi connectivity index (χ2v) is 6.57. The highest BCUT2D eigenvalue weighted by Gasteiger charge is 2.14. The fraction of sp³-hybridized carbons (Fsp3) is 0.200. The zero-order valence-electron chi connectivity index (χ0n) is 11.6. The fourth-order valence-electron chi connectivity index (χ4n) is 1.84. The van der Waals surface area contributed by atoms with Crippen molar-refractivity contribution in [3.8, 4) is 0 Å². The van der Waals surface area contributed by atoms with Crippen LogP contribution in [0.1, 0.15) is 11.1 Å². The van der Waals surface area contributed by atoms with Gasteiger partial charge in [-0.25, -0.2) is 17.5 Å². The molecule has 0 aliphatic heterocycles. The van der Waals surface area contributed by atoms with E-state index < -0.39 is 15.8 Å². The summed E-state index contributed by atoms with van der Waals surface area (Å²) in [6, 6.07) is 11.1. The third kappa shape index (κ3) is 4.03. The third-order valence-electron chi connectivity index (χ3n) is 3.14. The molecule has 0 radical (unpaired) electrons. The van der Waals surface area contributed by atoms with Crippen LogP contribution in [0.5, 0.6) is 0 Å². The average Bonchev–Trinajstić information content (AvgIpc) is 2.44. The number of nitrogens with two attached hydrogens (primary N) is 1. The summed E-state index contributed by atoms with van der Waals surface area (Å²) in [5, 5.41) is 0. The van der Waals surface area contributed by atoms with E-state index in [1.165, 1.54) is 12.1 Å². The minimum atomic E-state index is -3.69. The molecule has 6 heteroatoms. The molecular weight excluding hydrogens is 291 g/mol. The normalized spacial score (nSPS) is 11.5. The van der Waals surface area contributed by atoms with E-state index >= 15 is 0 Å². The quantitative estimate of drug-likeness (QED) is 0.832. The van der Waals surface area contributed by atoms with Crippen molar-refractivity contribution in [1.82, 2.24) is 4.72 Å². The van der Waals surface area contributed by atoms with Crippen molar-refractivity contribution >= 4 is 15.7 Å². The summed E-state index contributed by atoms with van der Waals surface area (Å²) in [6.07, 6.45) is 0.536. The Kier molecular flexibility index (Phi) is 4.59. The van der Waals surface area contributed by atoms with Gasteiger partial charge in [-0.3, -0.25) is 0 Å². The van der Waals surface area contributed by atoms with E-state index in [-0.39, 0.29) is 11.4 Å². The van der Waals surface area contributed by atoms with Gasteiger partial charge in [0.2, 0.25) is 10.0 Å². The van der Waals surface area contributed by atoms with Gasteiger partial charge < -0.3 is 5.73 Å². The predicted octanol–water partition coefficient (Wildman–Crippen LogP) is 2.24. The number of nitrogen functional groups attached to an aromatic ring is 1. The first-order valence-electron chi connectivity index (χ1n) is 6.49. The third-order valence-corrected chi connectivity index (χ3v) is 4.60. The van der Waals surface area contributed by atoms with Gasteiger partial charge in [0, 0.05) is 12.2 Å². The number of hydrogen-bond acceptors (Lipinski definition) is 3. The van der Waals surface area contributed by atoms with Crippen molar-refractivity contribution < 1.29 is 12.8 Å². The topological polar surface area (TPSA) is 72.2 Å². The molecule has 3 N–H and O–H groups in total. The van der Waals surface area contributed by atoms with E-state index in [4.69, 9.17) is 5.73 Å². The number of anilines is 1. The van der Waals surface area contributed by atoms with Crippen molar-refractivity contribution in [2.75, 3.05) is 12.3 Å². The molecular formula is C15H17FN2O2S. The first-order chi connectivity index (χ1) is 9.88. The number of rotatable bonds is 5. The summed E-state index contributed by atoms with van der Waals surface area (Å²) in [6.45, 7) is 1.82. The Morgan fingerprint density at radius 2 is 1.81 bits per heavy atom. The molecule has 0 unspecified atom stereocenters. The van der Waals surface area contributed by atoms with Gasteiger partial charge in [0.25, 0.3) is 0 Å². The van der Waals surface area contributed by atoms with Gasteiger partial charge in [0.1, 0.15) is 5.82 Å². The molecule has 2 rings (SSSR count). The maximum atomic E-state index is 13.4. The van der Waals surface area contributed by atoms with Crippen LogP contribution in [0.3, 0.4) is 0 Å². The highest BCUT2D eigenvalue weighted by molar-refractivity contribution is 7.89. The van der Waals surface area contributed by atoms with E-state index in [2.05, 4.69) is 4.72 Å². The van der Waals surface area contributed by atoms with Crippen LogP contribution in [-0.2, 0) is 16.4 Å². The highest BCUT2D eigenvalue weighted by atomic mass is 32.2. The lowest BCUT2D eigenvalue weighted by atomic mass is 10.1. The largest absolute Gasteiger partial charge is 0.399 e. The minimum Gasteiger partial charge on any atom is -0.399 e. The van der Waals surface area contributed by atoms with Crippen LogP contribution < -0.4 is 10.5 Å². The predicted molar refractivity (Wildman–Crippen MR) is 80.9 cm³/mol. The van der Waals surface area contributed by atoms with Crippen LogP contribution in [0.4, 0.5) is 10.1 Å². The van der Waals surface area contributed by atoms with Crippen LogP contribution in [0.15, 0.2) is 47.4 Å². The van der Waals surface area contributed by atoms with E-state index in [0.29, 0.717) is 17.7 Å². The Bertz CT molecular complexity index is 728. The molecule has 21 heavy (non-hydrogen) atoms. The average molecular weight is 308 g/mol. The minimum absolute atomic E-state index is 0.0668. The number of halogens is 1. The molecule has 0 amide bonds. The molecule has 0 atom stereocenters. The number of hydrogen-bond donors (Lipinski definition) is 2. The molecule has 0 spiro atoms. The van der Waals surface area contributed by atoms with Gasteiger partial charge in [0.05, 0.1) is 4.90 Å². The van der Waals surface area contributed by atoms with Crippen LogP contribution in [0, 0.1) is 12.7 Å². The number of sulfonamides is 1. The smallest absolute Gasteiger partial charge is 0.240 e. The molecule has 2 aromatic carbocycles. The van der Waals surface area contributed by atoms with Gasteiger partial charge in [-0.15, -0.1) is 0 Å². The second-order valence-electron chi connectivity index (χ2n) is 4.80. The lowest BCUT2D eigenvalue weighted by Gasteiger charge is -2.08. The summed E-state index contributed by atoms with van der Waals surface area (Å²) >= 11 is 0. The highest BCUT2D eigenvalue weighted by Crippen LogP contribution is 2.14. The number of nitrogens with one attached hydrogen (secondary N) is 1. The van der Waals surface area contributed by atoms with E-state index in [9.17, 15) is 12.8 Å². The molecule has 0 heterocycles. The standard InChI is InChI=1S/C15H17FN2O2S/c1-11-2-7-14(10-15(11)16)21(19,20)18-9-8-12-3-5-13(17)6-4-12/h2-7,10,18H,8-9,17H2,1H3. The van der Waals surface area contributed by atoms with Crippen LogP contribution in [-0.4, -0.2) is 15.0 Å². The van der Waals surface area contributed by atoms with Crippen LogP contribution >= 0.6 is 0 Å². The Morgan fingerprint density at radius 3 is 2.43 bits per heavy atom. The molecule has 0 fully saturated rings. The maximum absolute atomic E-state index is 13.4. The van der Waals surface area contributed by atoms with Gasteiger partial charge >= 0.3 is 0 Å². The van der Waals surface area contributed by atoms with Gasteiger partial charge in [-0.05, 0) is 48.7 Å². The monoisotopic (exact) mass is 308 g/mol. The van der Waals surface area contributed by atoms with E-state index in [1.54, 1.807) is 19.1 Å². The fourth-order valence-corrected chi connectivity index (χ4v) is 2.88. The zero-order chi connectivity index (χ0) is 15.5. The molecule has 0 aliphatic carbocycles. The number of benzene rings is 2. The van der Waals surface area contributed by atoms with Crippen molar-refractivity contribution in [3.63, 3.8) is 0 Å². The molecule has 0 saturated carbocycles. The Balaban J connectivity index is 2.01. The van der Waals surface area contributed by atoms with Gasteiger partial charge in [-0.2, -0.15) is 0 Å². The summed E-state index contributed by atoms with van der Waals surface area (Å²) in [5.41, 5.74) is 7.63. The summed E-state index contributed by atoms with van der Waals surface area (Å²) in [7, 11) is -3.69. The van der Waals surface area contributed by atoms with Crippen molar-refractivity contribution in [1.29, 1.82) is 0 Å². The molecule has 4 nitrogen and oxygen atoms in total. The van der Waals surface area contributed by atoms with Crippen LogP contribution in [0.25, 0.3) is 0 Å².